The van der Waals surface area contributed by atoms with Crippen molar-refractivity contribution in [3.8, 4) is 5.88 Å². The lowest BCUT2D eigenvalue weighted by Gasteiger charge is -2.06. The van der Waals surface area contributed by atoms with Gasteiger partial charge in [-0.05, 0) is 13.3 Å². The first kappa shape index (κ1) is 10.3. The van der Waals surface area contributed by atoms with Crippen LogP contribution in [0.4, 0.5) is 0 Å². The van der Waals surface area contributed by atoms with Gasteiger partial charge in [0.05, 0.1) is 6.61 Å². The summed E-state index contributed by atoms with van der Waals surface area (Å²) < 4.78 is 5.42. The van der Waals surface area contributed by atoms with E-state index in [9.17, 15) is 0 Å². The van der Waals surface area contributed by atoms with Crippen LogP contribution in [0.15, 0.2) is 6.33 Å². The molecule has 0 bridgehead atoms. The van der Waals surface area contributed by atoms with Crippen LogP contribution in [0.25, 0.3) is 0 Å². The molecule has 0 atom stereocenters. The van der Waals surface area contributed by atoms with E-state index in [-0.39, 0.29) is 0 Å². The molecule has 0 N–H and O–H groups in total. The first-order chi connectivity index (χ1) is 6.25. The Morgan fingerprint density at radius 2 is 2.23 bits per heavy atom. The van der Waals surface area contributed by atoms with Gasteiger partial charge in [0, 0.05) is 5.56 Å². The Morgan fingerprint density at radius 3 is 2.92 bits per heavy atom. The van der Waals surface area contributed by atoms with Gasteiger partial charge in [-0.15, -0.1) is 0 Å². The molecule has 0 aromatic carbocycles. The van der Waals surface area contributed by atoms with Crippen molar-refractivity contribution in [2.45, 2.75) is 26.7 Å². The summed E-state index contributed by atoms with van der Waals surface area (Å²) in [5, 5.41) is 0.460. The molecule has 1 heterocycles. The van der Waals surface area contributed by atoms with E-state index in [2.05, 4.69) is 16.9 Å². The summed E-state index contributed by atoms with van der Waals surface area (Å²) >= 11 is 5.80. The average Bonchev–Trinajstić information content (AvgIpc) is 2.13. The summed E-state index contributed by atoms with van der Waals surface area (Å²) in [7, 11) is 0. The van der Waals surface area contributed by atoms with Crippen LogP contribution in [-0.2, 0) is 0 Å². The minimum Gasteiger partial charge on any atom is -0.477 e. The Bertz CT molecular complexity index is 278. The van der Waals surface area contributed by atoms with Crippen molar-refractivity contribution in [2.24, 2.45) is 0 Å². The number of unbranched alkanes of at least 4 members (excludes halogenated alkanes) is 1. The maximum absolute atomic E-state index is 5.80. The molecule has 0 amide bonds. The highest BCUT2D eigenvalue weighted by Gasteiger charge is 2.04. The summed E-state index contributed by atoms with van der Waals surface area (Å²) in [5.41, 5.74) is 0.806. The van der Waals surface area contributed by atoms with E-state index in [1.165, 1.54) is 6.33 Å². The van der Waals surface area contributed by atoms with Crippen molar-refractivity contribution >= 4 is 11.6 Å². The van der Waals surface area contributed by atoms with E-state index in [4.69, 9.17) is 16.3 Å². The number of rotatable bonds is 4. The first-order valence-electron chi connectivity index (χ1n) is 4.35. The molecule has 1 rings (SSSR count). The molecule has 3 nitrogen and oxygen atoms in total. The molecule has 1 aromatic rings. The number of nitrogens with zero attached hydrogens (tertiary/aromatic N) is 2. The lowest BCUT2D eigenvalue weighted by molar-refractivity contribution is 0.295. The normalized spacial score (nSPS) is 10.1. The van der Waals surface area contributed by atoms with Crippen molar-refractivity contribution < 1.29 is 4.74 Å². The van der Waals surface area contributed by atoms with Gasteiger partial charge in [-0.1, -0.05) is 24.9 Å². The highest BCUT2D eigenvalue weighted by Crippen LogP contribution is 2.19. The zero-order chi connectivity index (χ0) is 9.68. The van der Waals surface area contributed by atoms with Gasteiger partial charge in [0.2, 0.25) is 5.88 Å². The summed E-state index contributed by atoms with van der Waals surface area (Å²) in [4.78, 5) is 7.84. The Labute approximate surface area is 83.1 Å². The SMILES string of the molecule is CCCCOc1ncnc(Cl)c1C. The van der Waals surface area contributed by atoms with E-state index in [0.29, 0.717) is 17.6 Å². The topological polar surface area (TPSA) is 35.0 Å². The fraction of sp³-hybridized carbons (Fsp3) is 0.556. The Balaban J connectivity index is 2.61. The molecule has 0 fully saturated rings. The Morgan fingerprint density at radius 1 is 1.46 bits per heavy atom. The molecule has 0 radical (unpaired) electrons. The monoisotopic (exact) mass is 200 g/mol. The molecule has 0 aliphatic carbocycles. The molecular weight excluding hydrogens is 188 g/mol. The highest BCUT2D eigenvalue weighted by atomic mass is 35.5. The maximum Gasteiger partial charge on any atom is 0.220 e. The maximum atomic E-state index is 5.80. The quantitative estimate of drug-likeness (QED) is 0.554. The smallest absolute Gasteiger partial charge is 0.220 e. The van der Waals surface area contributed by atoms with Crippen LogP contribution in [0, 0.1) is 6.92 Å². The van der Waals surface area contributed by atoms with Crippen molar-refractivity contribution in [3.63, 3.8) is 0 Å². The predicted molar refractivity (Wildman–Crippen MR) is 52.2 cm³/mol. The first-order valence-corrected chi connectivity index (χ1v) is 4.73. The predicted octanol–water partition coefficient (Wildman–Crippen LogP) is 2.62. The van der Waals surface area contributed by atoms with E-state index >= 15 is 0 Å². The Hall–Kier alpha value is -0.830. The molecule has 72 valence electrons. The number of aromatic nitrogens is 2. The summed E-state index contributed by atoms with van der Waals surface area (Å²) in [6, 6.07) is 0. The molecule has 1 aromatic heterocycles. The highest BCUT2D eigenvalue weighted by molar-refractivity contribution is 6.30. The zero-order valence-electron chi connectivity index (χ0n) is 7.88. The number of hydrogen-bond acceptors (Lipinski definition) is 3. The van der Waals surface area contributed by atoms with Crippen LogP contribution in [0.3, 0.4) is 0 Å². The van der Waals surface area contributed by atoms with Gasteiger partial charge in [0.1, 0.15) is 11.5 Å². The van der Waals surface area contributed by atoms with Gasteiger partial charge >= 0.3 is 0 Å². The molecule has 0 spiro atoms. The molecule has 0 aliphatic heterocycles. The number of ether oxygens (including phenoxy) is 1. The molecule has 0 saturated carbocycles. The second kappa shape index (κ2) is 5.02. The molecule has 0 aliphatic rings. The minimum atomic E-state index is 0.460. The second-order valence-electron chi connectivity index (χ2n) is 2.80. The lowest BCUT2D eigenvalue weighted by atomic mass is 10.3. The average molecular weight is 201 g/mol. The van der Waals surface area contributed by atoms with Gasteiger partial charge in [0.15, 0.2) is 0 Å². The van der Waals surface area contributed by atoms with E-state index < -0.39 is 0 Å². The Kier molecular flexibility index (Phi) is 3.96. The fourth-order valence-electron chi connectivity index (χ4n) is 0.873. The molecule has 0 saturated heterocycles. The molecule has 13 heavy (non-hydrogen) atoms. The third-order valence-electron chi connectivity index (χ3n) is 1.71. The lowest BCUT2D eigenvalue weighted by Crippen LogP contribution is -2.01. The van der Waals surface area contributed by atoms with Crippen molar-refractivity contribution in [1.82, 2.24) is 9.97 Å². The third kappa shape index (κ3) is 2.84. The minimum absolute atomic E-state index is 0.460. The van der Waals surface area contributed by atoms with Gasteiger partial charge in [0.25, 0.3) is 0 Å². The summed E-state index contributed by atoms with van der Waals surface area (Å²) in [6.07, 6.45) is 3.55. The number of hydrogen-bond donors (Lipinski definition) is 0. The van der Waals surface area contributed by atoms with Gasteiger partial charge < -0.3 is 4.74 Å². The second-order valence-corrected chi connectivity index (χ2v) is 3.15. The van der Waals surface area contributed by atoms with E-state index in [1.807, 2.05) is 6.92 Å². The third-order valence-corrected chi connectivity index (χ3v) is 2.09. The summed E-state index contributed by atoms with van der Waals surface area (Å²) in [5.74, 6) is 0.591. The van der Waals surface area contributed by atoms with E-state index in [1.54, 1.807) is 0 Å². The fourth-order valence-corrected chi connectivity index (χ4v) is 0.997. The molecular formula is C9H13ClN2O. The van der Waals surface area contributed by atoms with E-state index in [0.717, 1.165) is 18.4 Å². The van der Waals surface area contributed by atoms with Crippen LogP contribution >= 0.6 is 11.6 Å². The summed E-state index contributed by atoms with van der Waals surface area (Å²) in [6.45, 7) is 4.65. The largest absolute Gasteiger partial charge is 0.477 e. The standard InChI is InChI=1S/C9H13ClN2O/c1-3-4-5-13-9-7(2)8(10)11-6-12-9/h6H,3-5H2,1-2H3. The molecule has 4 heteroatoms. The van der Waals surface area contributed by atoms with Crippen molar-refractivity contribution in [3.05, 3.63) is 17.0 Å². The van der Waals surface area contributed by atoms with Gasteiger partial charge in [-0.3, -0.25) is 0 Å². The van der Waals surface area contributed by atoms with Crippen LogP contribution in [0.1, 0.15) is 25.3 Å². The van der Waals surface area contributed by atoms with Crippen molar-refractivity contribution in [2.75, 3.05) is 6.61 Å². The molecule has 0 unspecified atom stereocenters. The number of halogens is 1. The van der Waals surface area contributed by atoms with Crippen LogP contribution in [0.5, 0.6) is 5.88 Å². The van der Waals surface area contributed by atoms with Gasteiger partial charge in [-0.2, -0.15) is 0 Å². The van der Waals surface area contributed by atoms with Crippen LogP contribution < -0.4 is 4.74 Å². The van der Waals surface area contributed by atoms with Crippen molar-refractivity contribution in [1.29, 1.82) is 0 Å². The zero-order valence-corrected chi connectivity index (χ0v) is 8.64. The van der Waals surface area contributed by atoms with Crippen LogP contribution in [-0.4, -0.2) is 16.6 Å². The van der Waals surface area contributed by atoms with Crippen LogP contribution in [0.2, 0.25) is 5.15 Å². The van der Waals surface area contributed by atoms with Gasteiger partial charge in [-0.25, -0.2) is 9.97 Å².